The highest BCUT2D eigenvalue weighted by Crippen LogP contribution is 2.20. The van der Waals surface area contributed by atoms with Gasteiger partial charge in [-0.2, -0.15) is 0 Å². The van der Waals surface area contributed by atoms with Gasteiger partial charge in [0.05, 0.1) is 10.7 Å². The molecule has 0 heterocycles. The Hall–Kier alpha value is -1.54. The van der Waals surface area contributed by atoms with Crippen molar-refractivity contribution < 1.29 is 17.7 Å². The van der Waals surface area contributed by atoms with Crippen molar-refractivity contribution >= 4 is 15.5 Å². The fourth-order valence-corrected chi connectivity index (χ4v) is 2.55. The summed E-state index contributed by atoms with van der Waals surface area (Å²) in [6, 6.07) is 3.24. The van der Waals surface area contributed by atoms with Crippen molar-refractivity contribution in [1.29, 1.82) is 0 Å². The first-order chi connectivity index (χ1) is 9.25. The lowest BCUT2D eigenvalue weighted by molar-refractivity contribution is -0.385. The number of hydrogen-bond donors (Lipinski definition) is 0. The van der Waals surface area contributed by atoms with E-state index in [0.717, 1.165) is 18.2 Å². The summed E-state index contributed by atoms with van der Waals surface area (Å²) >= 11 is 0. The lowest BCUT2D eigenvalue weighted by Gasteiger charge is -2.16. The average molecular weight is 304 g/mol. The number of benzene rings is 1. The molecule has 1 aromatic rings. The largest absolute Gasteiger partial charge is 0.301 e. The number of nitrogens with zero attached hydrogens (tertiary/aromatic N) is 2. The van der Waals surface area contributed by atoms with E-state index in [1.54, 1.807) is 18.9 Å². The molecule has 0 bridgehead atoms. The minimum atomic E-state index is -3.09. The molecule has 20 heavy (non-hydrogen) atoms. The smallest absolute Gasteiger partial charge is 0.274 e. The van der Waals surface area contributed by atoms with Crippen molar-refractivity contribution in [2.75, 3.05) is 25.1 Å². The van der Waals surface area contributed by atoms with Crippen molar-refractivity contribution in [3.05, 3.63) is 39.7 Å². The highest BCUT2D eigenvalue weighted by Gasteiger charge is 2.17. The molecule has 0 N–H and O–H groups in total. The molecule has 112 valence electrons. The summed E-state index contributed by atoms with van der Waals surface area (Å²) in [5.74, 6) is -0.524. The number of rotatable bonds is 7. The first-order valence-electron chi connectivity index (χ1n) is 6.07. The molecule has 1 aromatic carbocycles. The molecule has 8 heteroatoms. The van der Waals surface area contributed by atoms with Gasteiger partial charge < -0.3 is 4.90 Å². The fourth-order valence-electron chi connectivity index (χ4n) is 1.67. The predicted octanol–water partition coefficient (Wildman–Crippen LogP) is 1.60. The minimum Gasteiger partial charge on any atom is -0.301 e. The lowest BCUT2D eigenvalue weighted by atomic mass is 10.1. The maximum absolute atomic E-state index is 13.2. The van der Waals surface area contributed by atoms with Crippen molar-refractivity contribution in [2.45, 2.75) is 13.5 Å². The first-order valence-corrected chi connectivity index (χ1v) is 7.89. The Morgan fingerprint density at radius 1 is 1.40 bits per heavy atom. The number of hydrogen-bond acceptors (Lipinski definition) is 5. The molecular formula is C12H17FN2O4S. The summed E-state index contributed by atoms with van der Waals surface area (Å²) in [6.07, 6.45) is 0. The van der Waals surface area contributed by atoms with E-state index in [1.807, 2.05) is 0 Å². The molecule has 0 aliphatic heterocycles. The minimum absolute atomic E-state index is 0.0247. The second-order valence-corrected chi connectivity index (χ2v) is 6.98. The van der Waals surface area contributed by atoms with Crippen LogP contribution in [0.5, 0.6) is 0 Å². The third kappa shape index (κ3) is 4.86. The van der Waals surface area contributed by atoms with Crippen LogP contribution in [0.1, 0.15) is 12.5 Å². The quantitative estimate of drug-likeness (QED) is 0.564. The van der Waals surface area contributed by atoms with Gasteiger partial charge in [-0.3, -0.25) is 10.1 Å². The zero-order valence-corrected chi connectivity index (χ0v) is 12.2. The van der Waals surface area contributed by atoms with Gasteiger partial charge in [-0.05, 0) is 19.2 Å². The van der Waals surface area contributed by atoms with E-state index in [0.29, 0.717) is 0 Å². The van der Waals surface area contributed by atoms with E-state index in [1.165, 1.54) is 0 Å². The van der Waals surface area contributed by atoms with Crippen molar-refractivity contribution in [1.82, 2.24) is 4.90 Å². The van der Waals surface area contributed by atoms with Crippen LogP contribution in [-0.4, -0.2) is 43.3 Å². The molecule has 0 fully saturated rings. The van der Waals surface area contributed by atoms with E-state index in [4.69, 9.17) is 0 Å². The van der Waals surface area contributed by atoms with Crippen LogP contribution in [0, 0.1) is 15.9 Å². The molecule has 0 aromatic heterocycles. The van der Waals surface area contributed by atoms with E-state index < -0.39 is 20.6 Å². The van der Waals surface area contributed by atoms with Gasteiger partial charge in [0.25, 0.3) is 5.69 Å². The van der Waals surface area contributed by atoms with E-state index in [2.05, 4.69) is 0 Å². The molecule has 0 saturated heterocycles. The summed E-state index contributed by atoms with van der Waals surface area (Å²) < 4.78 is 35.9. The van der Waals surface area contributed by atoms with Crippen LogP contribution in [0.3, 0.4) is 0 Å². The Balaban J connectivity index is 2.77. The predicted molar refractivity (Wildman–Crippen MR) is 73.7 cm³/mol. The van der Waals surface area contributed by atoms with Crippen LogP contribution in [0.2, 0.25) is 0 Å². The van der Waals surface area contributed by atoms with E-state index >= 15 is 0 Å². The maximum atomic E-state index is 13.2. The molecule has 0 aliphatic rings. The molecule has 0 saturated carbocycles. The van der Waals surface area contributed by atoms with Crippen LogP contribution in [0.15, 0.2) is 18.2 Å². The number of nitro groups is 1. The van der Waals surface area contributed by atoms with E-state index in [-0.39, 0.29) is 35.8 Å². The number of sulfone groups is 1. The standard InChI is InChI=1S/C12H17FN2O4S/c1-3-20(18,19)7-6-14(2)9-10-8-11(13)4-5-12(10)15(16)17/h4-5,8H,3,6-7,9H2,1-2H3. The zero-order chi connectivity index (χ0) is 15.3. The monoisotopic (exact) mass is 304 g/mol. The van der Waals surface area contributed by atoms with Crippen LogP contribution in [0.4, 0.5) is 10.1 Å². The van der Waals surface area contributed by atoms with Crippen molar-refractivity contribution in [3.63, 3.8) is 0 Å². The Morgan fingerprint density at radius 3 is 2.60 bits per heavy atom. The summed E-state index contributed by atoms with van der Waals surface area (Å²) in [5, 5.41) is 10.8. The molecule has 0 atom stereocenters. The van der Waals surface area contributed by atoms with E-state index in [9.17, 15) is 22.9 Å². The normalized spacial score (nSPS) is 11.8. The third-order valence-electron chi connectivity index (χ3n) is 2.90. The summed E-state index contributed by atoms with van der Waals surface area (Å²) in [4.78, 5) is 11.9. The van der Waals surface area contributed by atoms with Crippen LogP contribution in [0.25, 0.3) is 0 Å². The highest BCUT2D eigenvalue weighted by molar-refractivity contribution is 7.91. The average Bonchev–Trinajstić information content (AvgIpc) is 2.36. The van der Waals surface area contributed by atoms with Gasteiger partial charge in [0, 0.05) is 30.5 Å². The molecule has 0 unspecified atom stereocenters. The Kier molecular flexibility index (Phi) is 5.58. The van der Waals surface area contributed by atoms with Gasteiger partial charge in [-0.1, -0.05) is 6.92 Å². The Bertz CT molecular complexity index is 589. The topological polar surface area (TPSA) is 80.5 Å². The number of nitro benzene ring substituents is 1. The summed E-state index contributed by atoms with van der Waals surface area (Å²) in [5.41, 5.74) is 0.0583. The summed E-state index contributed by atoms with van der Waals surface area (Å²) in [7, 11) is -1.45. The van der Waals surface area contributed by atoms with Crippen molar-refractivity contribution in [3.8, 4) is 0 Å². The number of halogens is 1. The molecular weight excluding hydrogens is 287 g/mol. The second-order valence-electron chi connectivity index (χ2n) is 4.50. The van der Waals surface area contributed by atoms with Gasteiger partial charge in [-0.25, -0.2) is 12.8 Å². The molecule has 1 rings (SSSR count). The third-order valence-corrected chi connectivity index (χ3v) is 4.59. The lowest BCUT2D eigenvalue weighted by Crippen LogP contribution is -2.26. The Labute approximate surface area is 117 Å². The molecule has 0 aliphatic carbocycles. The van der Waals surface area contributed by atoms with Gasteiger partial charge in [-0.15, -0.1) is 0 Å². The molecule has 0 spiro atoms. The van der Waals surface area contributed by atoms with Gasteiger partial charge in [0.1, 0.15) is 5.82 Å². The highest BCUT2D eigenvalue weighted by atomic mass is 32.2. The van der Waals surface area contributed by atoms with Gasteiger partial charge in [0.2, 0.25) is 0 Å². The van der Waals surface area contributed by atoms with Crippen molar-refractivity contribution in [2.24, 2.45) is 0 Å². The molecule has 0 amide bonds. The summed E-state index contributed by atoms with van der Waals surface area (Å²) in [6.45, 7) is 1.92. The fraction of sp³-hybridized carbons (Fsp3) is 0.500. The maximum Gasteiger partial charge on any atom is 0.274 e. The van der Waals surface area contributed by atoms with Gasteiger partial charge >= 0.3 is 0 Å². The molecule has 0 radical (unpaired) electrons. The second kappa shape index (κ2) is 6.76. The zero-order valence-electron chi connectivity index (χ0n) is 11.4. The SMILES string of the molecule is CCS(=O)(=O)CCN(C)Cc1cc(F)ccc1[N+](=O)[O-]. The van der Waals surface area contributed by atoms with Crippen LogP contribution < -0.4 is 0 Å². The van der Waals surface area contributed by atoms with Crippen LogP contribution >= 0.6 is 0 Å². The molecule has 6 nitrogen and oxygen atoms in total. The Morgan fingerprint density at radius 2 is 2.05 bits per heavy atom. The van der Waals surface area contributed by atoms with Crippen LogP contribution in [-0.2, 0) is 16.4 Å². The first kappa shape index (κ1) is 16.5. The van der Waals surface area contributed by atoms with Gasteiger partial charge in [0.15, 0.2) is 9.84 Å².